The Kier molecular flexibility index (Phi) is 6.80. The average Bonchev–Trinajstić information content (AvgIpc) is 3.21. The fraction of sp³-hybridized carbons (Fsp3) is 0.360. The monoisotopic (exact) mass is 447 g/mol. The number of carbonyl (C=O) groups is 1. The van der Waals surface area contributed by atoms with E-state index in [4.69, 9.17) is 5.11 Å². The Labute approximate surface area is 192 Å². The number of benzene rings is 1. The van der Waals surface area contributed by atoms with Gasteiger partial charge in [0.15, 0.2) is 5.78 Å². The molecular weight excluding hydrogens is 421 g/mol. The molecule has 0 saturated carbocycles. The maximum absolute atomic E-state index is 13.2. The SMILES string of the molecule is Cc1c(C(=O)Cc2cnc(N3CCC(CCO)CC3)c(C#N)c2)cnn1-c1ccc(F)cc1. The lowest BCUT2D eigenvalue weighted by Gasteiger charge is -2.33. The largest absolute Gasteiger partial charge is 0.396 e. The molecule has 2 aromatic heterocycles. The fourth-order valence-electron chi connectivity index (χ4n) is 4.35. The molecule has 8 heteroatoms. The van der Waals surface area contributed by atoms with Crippen LogP contribution in [0.4, 0.5) is 10.2 Å². The van der Waals surface area contributed by atoms with E-state index in [0.717, 1.165) is 32.4 Å². The molecule has 0 bridgehead atoms. The molecule has 0 radical (unpaired) electrons. The Bertz CT molecular complexity index is 1170. The summed E-state index contributed by atoms with van der Waals surface area (Å²) in [6.45, 7) is 3.60. The molecule has 3 aromatic rings. The molecule has 0 unspecified atom stereocenters. The number of aromatic nitrogens is 3. The molecule has 4 rings (SSSR count). The third-order valence-corrected chi connectivity index (χ3v) is 6.24. The van der Waals surface area contributed by atoms with Gasteiger partial charge in [0.25, 0.3) is 0 Å². The van der Waals surface area contributed by atoms with Crippen molar-refractivity contribution in [1.29, 1.82) is 5.26 Å². The number of aliphatic hydroxyl groups excluding tert-OH is 1. The Hall–Kier alpha value is -3.57. The van der Waals surface area contributed by atoms with Crippen LogP contribution in [0.5, 0.6) is 0 Å². The predicted molar refractivity (Wildman–Crippen MR) is 122 cm³/mol. The number of halogens is 1. The second kappa shape index (κ2) is 9.92. The molecule has 1 aromatic carbocycles. The summed E-state index contributed by atoms with van der Waals surface area (Å²) in [5.74, 6) is 0.701. The summed E-state index contributed by atoms with van der Waals surface area (Å²) < 4.78 is 14.8. The van der Waals surface area contributed by atoms with Crippen molar-refractivity contribution in [2.75, 3.05) is 24.6 Å². The molecule has 0 amide bonds. The number of piperidine rings is 1. The van der Waals surface area contributed by atoms with Crippen LogP contribution in [0.1, 0.15) is 46.4 Å². The molecule has 1 N–H and O–H groups in total. The second-order valence-corrected chi connectivity index (χ2v) is 8.40. The first-order chi connectivity index (χ1) is 16.0. The molecule has 170 valence electrons. The Balaban J connectivity index is 1.48. The summed E-state index contributed by atoms with van der Waals surface area (Å²) in [6.07, 6.45) is 6.02. The highest BCUT2D eigenvalue weighted by Crippen LogP contribution is 2.27. The van der Waals surface area contributed by atoms with E-state index in [1.807, 2.05) is 0 Å². The van der Waals surface area contributed by atoms with Crippen LogP contribution < -0.4 is 4.90 Å². The van der Waals surface area contributed by atoms with Crippen LogP contribution in [-0.4, -0.2) is 45.4 Å². The third kappa shape index (κ3) is 4.94. The van der Waals surface area contributed by atoms with Gasteiger partial charge in [0, 0.05) is 32.3 Å². The Morgan fingerprint density at radius 1 is 1.24 bits per heavy atom. The first kappa shape index (κ1) is 22.6. The highest BCUT2D eigenvalue weighted by molar-refractivity contribution is 5.98. The molecular formula is C25H26FN5O2. The fourth-order valence-corrected chi connectivity index (χ4v) is 4.35. The number of nitriles is 1. The van der Waals surface area contributed by atoms with Gasteiger partial charge in [-0.25, -0.2) is 14.1 Å². The maximum Gasteiger partial charge on any atom is 0.170 e. The zero-order valence-corrected chi connectivity index (χ0v) is 18.5. The standard InChI is InChI=1S/C25H26FN5O2/c1-17-23(16-29-31(17)22-4-2-21(26)3-5-22)24(33)13-19-12-20(14-27)25(28-15-19)30-9-6-18(7-10-30)8-11-32/h2-5,12,15-16,18,32H,6-11,13H2,1H3. The lowest BCUT2D eigenvalue weighted by molar-refractivity contribution is 0.0992. The quantitative estimate of drug-likeness (QED) is 0.556. The third-order valence-electron chi connectivity index (χ3n) is 6.24. The first-order valence-electron chi connectivity index (χ1n) is 11.1. The number of nitrogens with zero attached hydrogens (tertiary/aromatic N) is 5. The topological polar surface area (TPSA) is 95.0 Å². The van der Waals surface area contributed by atoms with Crippen molar-refractivity contribution in [2.24, 2.45) is 5.92 Å². The summed E-state index contributed by atoms with van der Waals surface area (Å²) >= 11 is 0. The Morgan fingerprint density at radius 3 is 2.64 bits per heavy atom. The van der Waals surface area contributed by atoms with Gasteiger partial charge in [-0.3, -0.25) is 4.79 Å². The van der Waals surface area contributed by atoms with E-state index in [9.17, 15) is 14.4 Å². The van der Waals surface area contributed by atoms with Gasteiger partial charge in [0.1, 0.15) is 17.7 Å². The van der Waals surface area contributed by atoms with E-state index < -0.39 is 0 Å². The number of pyridine rings is 1. The highest BCUT2D eigenvalue weighted by atomic mass is 19.1. The van der Waals surface area contributed by atoms with Crippen molar-refractivity contribution in [1.82, 2.24) is 14.8 Å². The zero-order valence-electron chi connectivity index (χ0n) is 18.5. The van der Waals surface area contributed by atoms with Gasteiger partial charge in [0.05, 0.1) is 28.7 Å². The summed E-state index contributed by atoms with van der Waals surface area (Å²) in [6, 6.07) is 9.88. The maximum atomic E-state index is 13.2. The van der Waals surface area contributed by atoms with Gasteiger partial charge in [-0.2, -0.15) is 10.4 Å². The lowest BCUT2D eigenvalue weighted by atomic mass is 9.93. The van der Waals surface area contributed by atoms with Crippen molar-refractivity contribution in [2.45, 2.75) is 32.6 Å². The van der Waals surface area contributed by atoms with Crippen LogP contribution in [0.15, 0.2) is 42.7 Å². The number of aliphatic hydroxyl groups is 1. The van der Waals surface area contributed by atoms with Gasteiger partial charge < -0.3 is 10.0 Å². The minimum absolute atomic E-state index is 0.108. The van der Waals surface area contributed by atoms with Crippen molar-refractivity contribution in [3.05, 3.63) is 70.9 Å². The molecule has 33 heavy (non-hydrogen) atoms. The van der Waals surface area contributed by atoms with Crippen molar-refractivity contribution in [3.63, 3.8) is 0 Å². The number of anilines is 1. The van der Waals surface area contributed by atoms with Gasteiger partial charge in [-0.1, -0.05) is 0 Å². The first-order valence-corrected chi connectivity index (χ1v) is 11.1. The molecule has 0 spiro atoms. The van der Waals surface area contributed by atoms with E-state index in [1.54, 1.807) is 36.0 Å². The van der Waals surface area contributed by atoms with Crippen LogP contribution in [0.2, 0.25) is 0 Å². The average molecular weight is 448 g/mol. The van der Waals surface area contributed by atoms with E-state index in [-0.39, 0.29) is 24.6 Å². The highest BCUT2D eigenvalue weighted by Gasteiger charge is 2.23. The number of rotatable bonds is 7. The van der Waals surface area contributed by atoms with Crippen molar-refractivity contribution < 1.29 is 14.3 Å². The van der Waals surface area contributed by atoms with Gasteiger partial charge >= 0.3 is 0 Å². The van der Waals surface area contributed by atoms with Crippen LogP contribution in [0.25, 0.3) is 5.69 Å². The van der Waals surface area contributed by atoms with E-state index in [2.05, 4.69) is 21.1 Å². The van der Waals surface area contributed by atoms with Crippen molar-refractivity contribution in [3.8, 4) is 11.8 Å². The van der Waals surface area contributed by atoms with Gasteiger partial charge in [0.2, 0.25) is 0 Å². The van der Waals surface area contributed by atoms with E-state index >= 15 is 0 Å². The minimum atomic E-state index is -0.335. The second-order valence-electron chi connectivity index (χ2n) is 8.40. The number of Topliss-reactive ketones (excluding diaryl/α,β-unsaturated/α-hetero) is 1. The summed E-state index contributed by atoms with van der Waals surface area (Å²) in [5, 5.41) is 23.1. The minimum Gasteiger partial charge on any atom is -0.396 e. The molecule has 1 aliphatic heterocycles. The summed E-state index contributed by atoms with van der Waals surface area (Å²) in [7, 11) is 0. The van der Waals surface area contributed by atoms with Gasteiger partial charge in [-0.15, -0.1) is 0 Å². The summed E-state index contributed by atoms with van der Waals surface area (Å²) in [4.78, 5) is 19.6. The molecule has 7 nitrogen and oxygen atoms in total. The Morgan fingerprint density at radius 2 is 1.97 bits per heavy atom. The van der Waals surface area contributed by atoms with Crippen LogP contribution >= 0.6 is 0 Å². The smallest absolute Gasteiger partial charge is 0.170 e. The lowest BCUT2D eigenvalue weighted by Crippen LogP contribution is -2.35. The number of hydrogen-bond donors (Lipinski definition) is 1. The molecule has 1 saturated heterocycles. The predicted octanol–water partition coefficient (Wildman–Crippen LogP) is 3.61. The molecule has 3 heterocycles. The molecule has 1 fully saturated rings. The molecule has 0 aliphatic carbocycles. The number of carbonyl (C=O) groups excluding carboxylic acids is 1. The van der Waals surface area contributed by atoms with Crippen LogP contribution in [-0.2, 0) is 6.42 Å². The van der Waals surface area contributed by atoms with Crippen LogP contribution in [0.3, 0.4) is 0 Å². The molecule has 0 atom stereocenters. The van der Waals surface area contributed by atoms with E-state index in [0.29, 0.717) is 39.8 Å². The zero-order chi connectivity index (χ0) is 23.4. The summed E-state index contributed by atoms with van der Waals surface area (Å²) in [5.41, 5.74) is 2.95. The number of ketones is 1. The number of hydrogen-bond acceptors (Lipinski definition) is 6. The van der Waals surface area contributed by atoms with Crippen LogP contribution in [0, 0.1) is 30.0 Å². The molecule has 1 aliphatic rings. The normalized spacial score (nSPS) is 14.3. The van der Waals surface area contributed by atoms with E-state index in [1.165, 1.54) is 18.3 Å². The van der Waals surface area contributed by atoms with Gasteiger partial charge in [-0.05, 0) is 68.0 Å². The van der Waals surface area contributed by atoms with Crippen molar-refractivity contribution >= 4 is 11.6 Å².